The topological polar surface area (TPSA) is 40.2 Å². The second-order valence-electron chi connectivity index (χ2n) is 10.9. The van der Waals surface area contributed by atoms with Crippen molar-refractivity contribution in [2.75, 3.05) is 27.6 Å². The first-order chi connectivity index (χ1) is 18.8. The van der Waals surface area contributed by atoms with Gasteiger partial charge in [-0.25, -0.2) is 0 Å². The molecule has 0 aromatic heterocycles. The number of aryl methyl sites for hydroxylation is 1. The van der Waals surface area contributed by atoms with Crippen molar-refractivity contribution in [3.63, 3.8) is 0 Å². The van der Waals surface area contributed by atoms with E-state index in [1.807, 2.05) is 0 Å². The average molecular weight is 510 g/mol. The van der Waals surface area contributed by atoms with E-state index in [0.717, 1.165) is 48.8 Å². The number of methoxy groups -OCH3 is 2. The average Bonchev–Trinajstić information content (AvgIpc) is 3.66. The second-order valence-corrected chi connectivity index (χ2v) is 10.9. The summed E-state index contributed by atoms with van der Waals surface area (Å²) >= 11 is 0. The van der Waals surface area contributed by atoms with Gasteiger partial charge in [0.15, 0.2) is 23.0 Å². The van der Waals surface area contributed by atoms with Gasteiger partial charge < -0.3 is 23.8 Å². The number of allylic oxidation sites excluding steroid dienone is 1. The predicted octanol–water partition coefficient (Wildman–Crippen LogP) is 7.04. The normalized spacial score (nSPS) is 19.7. The highest BCUT2D eigenvalue weighted by atomic mass is 16.7. The summed E-state index contributed by atoms with van der Waals surface area (Å²) in [5, 5.41) is 0. The smallest absolute Gasteiger partial charge is 0.231 e. The van der Waals surface area contributed by atoms with Gasteiger partial charge >= 0.3 is 0 Å². The lowest BCUT2D eigenvalue weighted by Crippen LogP contribution is -2.40. The molecule has 3 aromatic rings. The molecule has 3 heterocycles. The van der Waals surface area contributed by atoms with Gasteiger partial charge in [-0.15, -0.1) is 0 Å². The van der Waals surface area contributed by atoms with Crippen LogP contribution in [-0.4, -0.2) is 32.5 Å². The number of benzene rings is 3. The zero-order chi connectivity index (χ0) is 25.6. The third kappa shape index (κ3) is 3.74. The Hall–Kier alpha value is -3.60. The largest absolute Gasteiger partial charge is 0.493 e. The highest BCUT2D eigenvalue weighted by molar-refractivity contribution is 5.96. The first-order valence-corrected chi connectivity index (χ1v) is 14.0. The number of nitrogens with zero attached hydrogens (tertiary/aromatic N) is 1. The van der Waals surface area contributed by atoms with Gasteiger partial charge in [0.2, 0.25) is 6.79 Å². The maximum absolute atomic E-state index is 6.13. The van der Waals surface area contributed by atoms with E-state index < -0.39 is 0 Å². The predicted molar refractivity (Wildman–Crippen MR) is 149 cm³/mol. The van der Waals surface area contributed by atoms with Crippen molar-refractivity contribution < 1.29 is 18.9 Å². The summed E-state index contributed by atoms with van der Waals surface area (Å²) in [5.41, 5.74) is 9.39. The van der Waals surface area contributed by atoms with E-state index in [-0.39, 0.29) is 6.04 Å². The van der Waals surface area contributed by atoms with Crippen LogP contribution in [-0.2, 0) is 12.8 Å². The maximum atomic E-state index is 6.13. The van der Waals surface area contributed by atoms with Gasteiger partial charge in [0.1, 0.15) is 0 Å². The highest BCUT2D eigenvalue weighted by Crippen LogP contribution is 2.57. The molecule has 1 fully saturated rings. The van der Waals surface area contributed by atoms with E-state index in [0.29, 0.717) is 12.7 Å². The van der Waals surface area contributed by atoms with Crippen molar-refractivity contribution in [1.82, 2.24) is 4.90 Å². The van der Waals surface area contributed by atoms with E-state index in [1.165, 1.54) is 64.8 Å². The minimum absolute atomic E-state index is 0.270. The van der Waals surface area contributed by atoms with Gasteiger partial charge in [-0.2, -0.15) is 0 Å². The molecule has 1 atom stereocenters. The van der Waals surface area contributed by atoms with Crippen LogP contribution < -0.4 is 18.9 Å². The summed E-state index contributed by atoms with van der Waals surface area (Å²) in [5.74, 6) is 4.04. The Morgan fingerprint density at radius 2 is 1.66 bits per heavy atom. The second kappa shape index (κ2) is 9.61. The van der Waals surface area contributed by atoms with Crippen LogP contribution in [0.3, 0.4) is 0 Å². The molecule has 4 aliphatic rings. The molecule has 3 aliphatic heterocycles. The molecule has 0 N–H and O–H groups in total. The molecule has 0 unspecified atom stereocenters. The fourth-order valence-electron chi connectivity index (χ4n) is 7.25. The molecule has 0 radical (unpaired) electrons. The van der Waals surface area contributed by atoms with Crippen molar-refractivity contribution in [2.24, 2.45) is 5.92 Å². The molecule has 196 valence electrons. The zero-order valence-electron chi connectivity index (χ0n) is 22.3. The third-order valence-corrected chi connectivity index (χ3v) is 8.94. The van der Waals surface area contributed by atoms with E-state index in [4.69, 9.17) is 18.9 Å². The molecule has 38 heavy (non-hydrogen) atoms. The van der Waals surface area contributed by atoms with Crippen molar-refractivity contribution in [3.05, 3.63) is 82.4 Å². The van der Waals surface area contributed by atoms with Gasteiger partial charge in [-0.05, 0) is 78.5 Å². The van der Waals surface area contributed by atoms with Gasteiger partial charge in [-0.1, -0.05) is 49.2 Å². The van der Waals surface area contributed by atoms with Crippen LogP contribution in [0.25, 0.3) is 11.3 Å². The van der Waals surface area contributed by atoms with Crippen LogP contribution in [0.2, 0.25) is 0 Å². The molecule has 0 saturated heterocycles. The van der Waals surface area contributed by atoms with Crippen molar-refractivity contribution in [1.29, 1.82) is 0 Å². The number of hydrogen-bond donors (Lipinski definition) is 0. The standard InChI is InChI=1S/C33H35NO4/c1-35-27-15-14-24-25(13-12-21-8-4-3-5-9-21)32-26-19-29-28(37-20-38-29)18-23(26)16-17-34(32)31(22-10-6-7-11-22)30(24)33(27)36-2/h3-5,8-9,14-15,18-19,22,31H,6-7,10-13,16-17,20H2,1-2H3/t31-/m0/s1. The zero-order valence-corrected chi connectivity index (χ0v) is 22.3. The minimum atomic E-state index is 0.270. The quantitative estimate of drug-likeness (QED) is 0.357. The summed E-state index contributed by atoms with van der Waals surface area (Å²) in [6.45, 7) is 1.28. The lowest BCUT2D eigenvalue weighted by atomic mass is 9.76. The van der Waals surface area contributed by atoms with Gasteiger partial charge in [-0.3, -0.25) is 0 Å². The van der Waals surface area contributed by atoms with E-state index >= 15 is 0 Å². The lowest BCUT2D eigenvalue weighted by Gasteiger charge is -2.48. The lowest BCUT2D eigenvalue weighted by molar-refractivity contribution is 0.174. The molecular formula is C33H35NO4. The van der Waals surface area contributed by atoms with Crippen LogP contribution in [0.4, 0.5) is 0 Å². The Morgan fingerprint density at radius 1 is 0.868 bits per heavy atom. The van der Waals surface area contributed by atoms with E-state index in [2.05, 4.69) is 59.5 Å². The van der Waals surface area contributed by atoms with Gasteiger partial charge in [0.25, 0.3) is 0 Å². The molecule has 5 nitrogen and oxygen atoms in total. The summed E-state index contributed by atoms with van der Waals surface area (Å²) in [7, 11) is 3.54. The monoisotopic (exact) mass is 509 g/mol. The van der Waals surface area contributed by atoms with E-state index in [9.17, 15) is 0 Å². The number of rotatable bonds is 6. The molecule has 0 bridgehead atoms. The minimum Gasteiger partial charge on any atom is -0.493 e. The Morgan fingerprint density at radius 3 is 2.42 bits per heavy atom. The molecular weight excluding hydrogens is 474 g/mol. The summed E-state index contributed by atoms with van der Waals surface area (Å²) in [6, 6.07) is 19.9. The first kappa shape index (κ1) is 23.5. The molecule has 0 amide bonds. The third-order valence-electron chi connectivity index (χ3n) is 8.94. The molecule has 7 rings (SSSR count). The Bertz CT molecular complexity index is 1390. The summed E-state index contributed by atoms with van der Waals surface area (Å²) in [6.07, 6.45) is 8.02. The Kier molecular flexibility index (Phi) is 5.95. The molecule has 0 spiro atoms. The molecule has 5 heteroatoms. The fraction of sp³-hybridized carbons (Fsp3) is 0.394. The summed E-state index contributed by atoms with van der Waals surface area (Å²) in [4.78, 5) is 2.71. The van der Waals surface area contributed by atoms with Crippen LogP contribution in [0.15, 0.2) is 54.6 Å². The Balaban J connectivity index is 1.47. The van der Waals surface area contributed by atoms with Crippen LogP contribution >= 0.6 is 0 Å². The van der Waals surface area contributed by atoms with Gasteiger partial charge in [0, 0.05) is 23.4 Å². The van der Waals surface area contributed by atoms with Crippen LogP contribution in [0.1, 0.15) is 66.0 Å². The number of ether oxygens (including phenoxy) is 4. The Labute approximate surface area is 225 Å². The highest BCUT2D eigenvalue weighted by Gasteiger charge is 2.43. The van der Waals surface area contributed by atoms with E-state index in [1.54, 1.807) is 14.2 Å². The van der Waals surface area contributed by atoms with Crippen molar-refractivity contribution in [2.45, 2.75) is 51.0 Å². The summed E-state index contributed by atoms with van der Waals surface area (Å²) < 4.78 is 23.6. The van der Waals surface area contributed by atoms with Crippen LogP contribution in [0.5, 0.6) is 23.0 Å². The molecule has 3 aromatic carbocycles. The maximum Gasteiger partial charge on any atom is 0.231 e. The molecule has 1 aliphatic carbocycles. The van der Waals surface area contributed by atoms with Crippen molar-refractivity contribution in [3.8, 4) is 23.0 Å². The number of fused-ring (bicyclic) bond motifs is 5. The molecule has 1 saturated carbocycles. The van der Waals surface area contributed by atoms with Crippen molar-refractivity contribution >= 4 is 11.3 Å². The van der Waals surface area contributed by atoms with Gasteiger partial charge in [0.05, 0.1) is 20.3 Å². The SMILES string of the molecule is COc1ccc2c(c1OC)[C@H](C1CCCC1)N1CCc3cc4c(cc3C1=C2CCc1ccccc1)OCO4. The fourth-order valence-corrected chi connectivity index (χ4v) is 7.25. The van der Waals surface area contributed by atoms with Crippen LogP contribution in [0, 0.1) is 5.92 Å². The number of hydrogen-bond acceptors (Lipinski definition) is 5. The first-order valence-electron chi connectivity index (χ1n) is 14.0.